The summed E-state index contributed by atoms with van der Waals surface area (Å²) in [6.45, 7) is 0.175. The van der Waals surface area contributed by atoms with Gasteiger partial charge in [0.05, 0.1) is 11.6 Å². The van der Waals surface area contributed by atoms with Crippen LogP contribution in [-0.4, -0.2) is 51.9 Å². The molecule has 1 amide bonds. The van der Waals surface area contributed by atoms with Crippen molar-refractivity contribution >= 4 is 17.5 Å². The second kappa shape index (κ2) is 7.44. The Kier molecular flexibility index (Phi) is 5.80. The van der Waals surface area contributed by atoms with E-state index in [2.05, 4.69) is 0 Å². The summed E-state index contributed by atoms with van der Waals surface area (Å²) in [5.74, 6) is -1.47. The summed E-state index contributed by atoms with van der Waals surface area (Å²) in [5.41, 5.74) is 6.53. The molecule has 0 saturated carbocycles. The molecule has 2 atom stereocenters. The second-order valence-corrected chi connectivity index (χ2v) is 6.12. The molecule has 0 aromatic heterocycles. The number of aromatic hydroxyl groups is 1. The monoisotopic (exact) mass is 346 g/mol. The fraction of sp³-hybridized carbons (Fsp3) is 0.533. The van der Waals surface area contributed by atoms with Crippen molar-refractivity contribution in [1.82, 2.24) is 4.90 Å². The van der Waals surface area contributed by atoms with Crippen molar-refractivity contribution in [3.05, 3.63) is 28.5 Å². The lowest BCUT2D eigenvalue weighted by molar-refractivity contribution is -0.143. The first kappa shape index (κ1) is 17.9. The molecule has 1 aliphatic heterocycles. The number of benzene rings is 1. The number of amides is 1. The minimum Gasteiger partial charge on any atom is -0.508 e. The highest BCUT2D eigenvalue weighted by molar-refractivity contribution is 6.30. The largest absolute Gasteiger partial charge is 0.508 e. The zero-order chi connectivity index (χ0) is 17.1. The van der Waals surface area contributed by atoms with Crippen LogP contribution < -0.4 is 5.73 Å². The topological polar surface area (TPSA) is 107 Å². The van der Waals surface area contributed by atoms with E-state index in [4.69, 9.17) is 22.4 Å². The van der Waals surface area contributed by atoms with Gasteiger partial charge in [0.25, 0.3) is 5.91 Å². The molecule has 0 spiro atoms. The van der Waals surface area contributed by atoms with E-state index in [1.807, 2.05) is 0 Å². The number of nitrogens with two attached hydrogens (primary N) is 1. The molecule has 1 aromatic rings. The lowest BCUT2D eigenvalue weighted by atomic mass is 9.85. The Morgan fingerprint density at radius 3 is 2.61 bits per heavy atom. The van der Waals surface area contributed by atoms with Crippen molar-refractivity contribution in [1.29, 1.82) is 0 Å². The molecule has 0 radical (unpaired) electrons. The van der Waals surface area contributed by atoms with Crippen molar-refractivity contribution in [2.75, 3.05) is 19.7 Å². The fourth-order valence-electron chi connectivity index (χ4n) is 2.84. The van der Waals surface area contributed by atoms with Crippen LogP contribution in [0, 0.1) is 11.7 Å². The molecule has 1 heterocycles. The van der Waals surface area contributed by atoms with Gasteiger partial charge in [-0.3, -0.25) is 4.79 Å². The Hall–Kier alpha value is -1.41. The van der Waals surface area contributed by atoms with Gasteiger partial charge in [0.1, 0.15) is 11.6 Å². The van der Waals surface area contributed by atoms with E-state index in [0.29, 0.717) is 31.5 Å². The van der Waals surface area contributed by atoms with Gasteiger partial charge in [-0.1, -0.05) is 11.6 Å². The van der Waals surface area contributed by atoms with Crippen LogP contribution in [0.1, 0.15) is 24.4 Å². The molecule has 1 fully saturated rings. The van der Waals surface area contributed by atoms with Gasteiger partial charge in [-0.05, 0) is 24.8 Å². The Labute approximate surface area is 138 Å². The minimum absolute atomic E-state index is 0.0160. The van der Waals surface area contributed by atoms with Gasteiger partial charge in [0.2, 0.25) is 0 Å². The van der Waals surface area contributed by atoms with Crippen LogP contribution in [0.5, 0.6) is 5.75 Å². The van der Waals surface area contributed by atoms with E-state index < -0.39 is 30.5 Å². The summed E-state index contributed by atoms with van der Waals surface area (Å²) in [6.07, 6.45) is -0.265. The predicted octanol–water partition coefficient (Wildman–Crippen LogP) is 0.776. The highest BCUT2D eigenvalue weighted by atomic mass is 35.5. The third-order valence-corrected chi connectivity index (χ3v) is 4.54. The molecule has 128 valence electrons. The molecule has 8 heteroatoms. The fourth-order valence-corrected chi connectivity index (χ4v) is 3.01. The Morgan fingerprint density at radius 2 is 2.04 bits per heavy atom. The van der Waals surface area contributed by atoms with Crippen LogP contribution in [0.25, 0.3) is 0 Å². The molecule has 1 aromatic carbocycles. The van der Waals surface area contributed by atoms with Crippen LogP contribution in [0.3, 0.4) is 0 Å². The third kappa shape index (κ3) is 3.92. The minimum atomic E-state index is -1.40. The number of piperidine rings is 1. The van der Waals surface area contributed by atoms with Crippen molar-refractivity contribution in [3.63, 3.8) is 0 Å². The lowest BCUT2D eigenvalue weighted by Gasteiger charge is -2.35. The highest BCUT2D eigenvalue weighted by Crippen LogP contribution is 2.35. The summed E-state index contributed by atoms with van der Waals surface area (Å²) >= 11 is 5.74. The van der Waals surface area contributed by atoms with Crippen LogP contribution in [-0.2, 0) is 4.79 Å². The number of hydrogen-bond donors (Lipinski definition) is 4. The van der Waals surface area contributed by atoms with Crippen molar-refractivity contribution < 1.29 is 24.5 Å². The van der Waals surface area contributed by atoms with Gasteiger partial charge in [-0.2, -0.15) is 0 Å². The van der Waals surface area contributed by atoms with E-state index in [1.165, 1.54) is 11.0 Å². The van der Waals surface area contributed by atoms with E-state index in [9.17, 15) is 19.4 Å². The maximum atomic E-state index is 13.3. The first-order chi connectivity index (χ1) is 10.8. The number of aliphatic hydroxyl groups excluding tert-OH is 2. The second-order valence-electron chi connectivity index (χ2n) is 5.71. The molecule has 1 saturated heterocycles. The number of likely N-dealkylation sites (tertiary alicyclic amines) is 1. The van der Waals surface area contributed by atoms with Gasteiger partial charge in [0.15, 0.2) is 6.10 Å². The van der Waals surface area contributed by atoms with E-state index in [-0.39, 0.29) is 16.7 Å². The average Bonchev–Trinajstić information content (AvgIpc) is 2.56. The van der Waals surface area contributed by atoms with Crippen molar-refractivity contribution in [2.45, 2.75) is 25.0 Å². The highest BCUT2D eigenvalue weighted by Gasteiger charge is 2.31. The number of phenolic OH excluding ortho intramolecular Hbond substituents is 1. The molecule has 0 aliphatic carbocycles. The van der Waals surface area contributed by atoms with Gasteiger partial charge in [-0.15, -0.1) is 0 Å². The number of carbonyl (C=O) groups excluding carboxylic acids is 1. The number of aliphatic hydroxyl groups is 2. The molecule has 0 bridgehead atoms. The number of rotatable bonds is 4. The molecular weight excluding hydrogens is 327 g/mol. The number of halogens is 2. The van der Waals surface area contributed by atoms with Gasteiger partial charge >= 0.3 is 0 Å². The maximum Gasteiger partial charge on any atom is 0.253 e. The Morgan fingerprint density at radius 1 is 1.43 bits per heavy atom. The summed E-state index contributed by atoms with van der Waals surface area (Å²) < 4.78 is 13.3. The number of nitrogens with zero attached hydrogens (tertiary/aromatic N) is 1. The van der Waals surface area contributed by atoms with E-state index in [1.54, 1.807) is 0 Å². The van der Waals surface area contributed by atoms with Crippen molar-refractivity contribution in [3.8, 4) is 5.75 Å². The first-order valence-corrected chi connectivity index (χ1v) is 7.74. The Balaban J connectivity index is 2.03. The predicted molar refractivity (Wildman–Crippen MR) is 82.4 cm³/mol. The zero-order valence-corrected chi connectivity index (χ0v) is 13.2. The standard InChI is InChI=1S/C15H20ClFN2O4/c16-10-5-9(12(21)6-11(10)17)14(18)8-1-3-19(4-2-8)15(23)13(22)7-20/h5-6,8,13-14,20-22H,1-4,7,18H2. The molecular formula is C15H20ClFN2O4. The van der Waals surface area contributed by atoms with Crippen molar-refractivity contribution in [2.24, 2.45) is 11.7 Å². The van der Waals surface area contributed by atoms with Crippen LogP contribution in [0.2, 0.25) is 5.02 Å². The SMILES string of the molecule is NC(c1cc(Cl)c(F)cc1O)C1CCN(C(=O)C(O)CO)CC1. The molecule has 6 nitrogen and oxygen atoms in total. The quantitative estimate of drug-likeness (QED) is 0.644. The van der Waals surface area contributed by atoms with Gasteiger partial charge in [-0.25, -0.2) is 4.39 Å². The summed E-state index contributed by atoms with van der Waals surface area (Å²) in [7, 11) is 0. The smallest absolute Gasteiger partial charge is 0.253 e. The normalized spacial score (nSPS) is 18.7. The summed E-state index contributed by atoms with van der Waals surface area (Å²) in [5, 5.41) is 27.9. The van der Waals surface area contributed by atoms with Crippen LogP contribution in [0.4, 0.5) is 4.39 Å². The number of phenols is 1. The van der Waals surface area contributed by atoms with E-state index in [0.717, 1.165) is 6.07 Å². The number of carbonyl (C=O) groups is 1. The summed E-state index contributed by atoms with van der Waals surface area (Å²) in [6, 6.07) is 1.73. The molecule has 23 heavy (non-hydrogen) atoms. The third-order valence-electron chi connectivity index (χ3n) is 4.25. The van der Waals surface area contributed by atoms with Gasteiger partial charge in [0, 0.05) is 30.8 Å². The molecule has 2 rings (SSSR count). The van der Waals surface area contributed by atoms with Gasteiger partial charge < -0.3 is 26.0 Å². The lowest BCUT2D eigenvalue weighted by Crippen LogP contribution is -2.46. The average molecular weight is 347 g/mol. The summed E-state index contributed by atoms with van der Waals surface area (Å²) in [4.78, 5) is 13.3. The number of hydrogen-bond acceptors (Lipinski definition) is 5. The molecule has 5 N–H and O–H groups in total. The zero-order valence-electron chi connectivity index (χ0n) is 12.5. The van der Waals surface area contributed by atoms with Crippen LogP contribution in [0.15, 0.2) is 12.1 Å². The maximum absolute atomic E-state index is 13.3. The molecule has 2 unspecified atom stereocenters. The Bertz CT molecular complexity index is 579. The van der Waals surface area contributed by atoms with E-state index >= 15 is 0 Å². The van der Waals surface area contributed by atoms with Crippen LogP contribution >= 0.6 is 11.6 Å². The first-order valence-electron chi connectivity index (χ1n) is 7.36. The molecule has 1 aliphatic rings.